The van der Waals surface area contributed by atoms with E-state index in [0.29, 0.717) is 18.0 Å². The molecule has 1 aliphatic heterocycles. The van der Waals surface area contributed by atoms with Crippen molar-refractivity contribution in [2.75, 3.05) is 32.6 Å². The van der Waals surface area contributed by atoms with Crippen molar-refractivity contribution in [1.82, 2.24) is 9.47 Å². The fourth-order valence-corrected chi connectivity index (χ4v) is 5.06. The van der Waals surface area contributed by atoms with Crippen molar-refractivity contribution in [2.24, 2.45) is 0 Å². The monoisotopic (exact) mass is 477 g/mol. The topological polar surface area (TPSA) is 75.0 Å². The molecule has 0 saturated heterocycles. The predicted octanol–water partition coefficient (Wildman–Crippen LogP) is 4.88. The maximum atomic E-state index is 13.2. The first-order valence-electron chi connectivity index (χ1n) is 11.9. The lowest BCUT2D eigenvalue weighted by Gasteiger charge is -2.32. The number of likely N-dealkylation sites (N-methyl/N-ethyl adjacent to an activating group) is 1. The Morgan fingerprint density at radius 2 is 1.80 bits per heavy atom. The first-order valence-corrected chi connectivity index (χ1v) is 11.9. The number of rotatable bonds is 5. The van der Waals surface area contributed by atoms with E-state index in [1.54, 1.807) is 19.0 Å². The van der Waals surface area contributed by atoms with Crippen LogP contribution in [0.2, 0.25) is 0 Å². The SMILES string of the molecule is Cc1ccc(-c2c(CC(=O)O)c(C)c3c4c2cc(C(=O)N(C)C)n4CCN3C)c(OC(C)(C)C)c1. The molecule has 4 rings (SSSR count). The number of aryl methyl sites for hydroxylation is 1. The number of benzene rings is 2. The number of aromatic nitrogens is 1. The first kappa shape index (κ1) is 24.6. The highest BCUT2D eigenvalue weighted by Crippen LogP contribution is 2.47. The average Bonchev–Trinajstić information content (AvgIpc) is 3.11. The molecule has 0 saturated carbocycles. The molecule has 35 heavy (non-hydrogen) atoms. The Labute approximate surface area is 206 Å². The highest BCUT2D eigenvalue weighted by atomic mass is 16.5. The highest BCUT2D eigenvalue weighted by molar-refractivity contribution is 6.11. The number of carboxylic acid groups (broad SMARTS) is 1. The van der Waals surface area contributed by atoms with Crippen LogP contribution in [0.5, 0.6) is 5.75 Å². The van der Waals surface area contributed by atoms with E-state index in [4.69, 9.17) is 4.74 Å². The predicted molar refractivity (Wildman–Crippen MR) is 140 cm³/mol. The molecular formula is C28H35N3O4. The molecule has 0 aliphatic carbocycles. The fraction of sp³-hybridized carbons (Fsp3) is 0.429. The molecule has 2 aromatic carbocycles. The molecule has 1 N–H and O–H groups in total. The van der Waals surface area contributed by atoms with E-state index < -0.39 is 11.6 Å². The van der Waals surface area contributed by atoms with Gasteiger partial charge in [-0.1, -0.05) is 12.1 Å². The minimum Gasteiger partial charge on any atom is -0.487 e. The van der Waals surface area contributed by atoms with E-state index in [9.17, 15) is 14.7 Å². The lowest BCUT2D eigenvalue weighted by atomic mass is 9.88. The Hall–Kier alpha value is -3.48. The van der Waals surface area contributed by atoms with Gasteiger partial charge in [0.05, 0.1) is 17.6 Å². The maximum absolute atomic E-state index is 13.2. The Morgan fingerprint density at radius 3 is 2.40 bits per heavy atom. The second-order valence-corrected chi connectivity index (χ2v) is 10.7. The third-order valence-electron chi connectivity index (χ3n) is 6.52. The Morgan fingerprint density at radius 1 is 1.11 bits per heavy atom. The second-order valence-electron chi connectivity index (χ2n) is 10.7. The molecule has 0 unspecified atom stereocenters. The summed E-state index contributed by atoms with van der Waals surface area (Å²) in [6, 6.07) is 7.96. The molecular weight excluding hydrogens is 442 g/mol. The molecule has 2 heterocycles. The van der Waals surface area contributed by atoms with E-state index in [2.05, 4.69) is 9.47 Å². The summed E-state index contributed by atoms with van der Waals surface area (Å²) >= 11 is 0. The number of hydrogen-bond donors (Lipinski definition) is 1. The fourth-order valence-electron chi connectivity index (χ4n) is 5.06. The van der Waals surface area contributed by atoms with Crippen molar-refractivity contribution < 1.29 is 19.4 Å². The molecule has 1 aliphatic rings. The van der Waals surface area contributed by atoms with Gasteiger partial charge in [-0.3, -0.25) is 9.59 Å². The van der Waals surface area contributed by atoms with Crippen LogP contribution in [0.25, 0.3) is 22.0 Å². The van der Waals surface area contributed by atoms with E-state index in [1.807, 2.05) is 65.9 Å². The molecule has 0 radical (unpaired) electrons. The average molecular weight is 478 g/mol. The number of carboxylic acids is 1. The molecule has 186 valence electrons. The van der Waals surface area contributed by atoms with Crippen molar-refractivity contribution in [1.29, 1.82) is 0 Å². The minimum atomic E-state index is -0.895. The zero-order valence-electron chi connectivity index (χ0n) is 21.9. The van der Waals surface area contributed by atoms with Gasteiger partial charge in [0.25, 0.3) is 5.91 Å². The molecule has 1 amide bonds. The molecule has 0 bridgehead atoms. The van der Waals surface area contributed by atoms with Crippen molar-refractivity contribution in [2.45, 2.75) is 53.2 Å². The van der Waals surface area contributed by atoms with Crippen LogP contribution in [-0.4, -0.2) is 59.7 Å². The first-order chi connectivity index (χ1) is 16.3. The molecule has 7 nitrogen and oxygen atoms in total. The zero-order chi connectivity index (χ0) is 25.8. The number of carbonyl (C=O) groups excluding carboxylic acids is 1. The summed E-state index contributed by atoms with van der Waals surface area (Å²) in [6.07, 6.45) is -0.122. The molecule has 0 fully saturated rings. The summed E-state index contributed by atoms with van der Waals surface area (Å²) in [4.78, 5) is 29.0. The minimum absolute atomic E-state index is 0.0739. The van der Waals surface area contributed by atoms with Crippen LogP contribution in [0.3, 0.4) is 0 Å². The van der Waals surface area contributed by atoms with Crippen LogP contribution in [0, 0.1) is 13.8 Å². The number of ether oxygens (including phenoxy) is 1. The van der Waals surface area contributed by atoms with Gasteiger partial charge < -0.3 is 24.2 Å². The number of hydrogen-bond acceptors (Lipinski definition) is 4. The van der Waals surface area contributed by atoms with Gasteiger partial charge in [-0.15, -0.1) is 0 Å². The normalized spacial score (nSPS) is 13.3. The van der Waals surface area contributed by atoms with Gasteiger partial charge in [-0.05, 0) is 69.0 Å². The summed E-state index contributed by atoms with van der Waals surface area (Å²) < 4.78 is 8.48. The van der Waals surface area contributed by atoms with Gasteiger partial charge in [0, 0.05) is 45.2 Å². The Kier molecular flexibility index (Phi) is 6.07. The van der Waals surface area contributed by atoms with E-state index in [-0.39, 0.29) is 12.3 Å². The van der Waals surface area contributed by atoms with Gasteiger partial charge in [0.15, 0.2) is 0 Å². The smallest absolute Gasteiger partial charge is 0.307 e. The standard InChI is InChI=1S/C28H35N3O4/c1-16-9-10-18(22(13-16)35-28(3,4)5)24-19(15-23(32)33)17(2)25-26-20(24)14-21(27(34)29(6)7)31(26)12-11-30(25)8/h9-10,13-14H,11-12,15H2,1-8H3,(H,32,33). The third-order valence-corrected chi connectivity index (χ3v) is 6.52. The van der Waals surface area contributed by atoms with Crippen LogP contribution in [0.15, 0.2) is 24.3 Å². The quantitative estimate of drug-likeness (QED) is 0.567. The highest BCUT2D eigenvalue weighted by Gasteiger charge is 2.31. The van der Waals surface area contributed by atoms with Crippen molar-refractivity contribution in [3.8, 4) is 16.9 Å². The van der Waals surface area contributed by atoms with Crippen LogP contribution >= 0.6 is 0 Å². The number of nitrogens with zero attached hydrogens (tertiary/aromatic N) is 3. The van der Waals surface area contributed by atoms with Gasteiger partial charge in [0.1, 0.15) is 17.0 Å². The van der Waals surface area contributed by atoms with Crippen LogP contribution < -0.4 is 9.64 Å². The lowest BCUT2D eigenvalue weighted by Crippen LogP contribution is -2.32. The van der Waals surface area contributed by atoms with Gasteiger partial charge in [-0.25, -0.2) is 0 Å². The Balaban J connectivity index is 2.18. The molecule has 7 heteroatoms. The van der Waals surface area contributed by atoms with Crippen molar-refractivity contribution in [3.63, 3.8) is 0 Å². The summed E-state index contributed by atoms with van der Waals surface area (Å²) in [6.45, 7) is 11.4. The molecule has 0 atom stereocenters. The third kappa shape index (κ3) is 4.35. The Bertz CT molecular complexity index is 1340. The van der Waals surface area contributed by atoms with E-state index in [0.717, 1.165) is 51.0 Å². The molecule has 0 spiro atoms. The number of aliphatic carboxylic acids is 1. The number of carbonyl (C=O) groups is 2. The van der Waals surface area contributed by atoms with E-state index >= 15 is 0 Å². The largest absolute Gasteiger partial charge is 0.487 e. The molecule has 3 aromatic rings. The van der Waals surface area contributed by atoms with Crippen LogP contribution in [0.1, 0.15) is 48.0 Å². The van der Waals surface area contributed by atoms with Gasteiger partial charge in [0.2, 0.25) is 0 Å². The summed E-state index contributed by atoms with van der Waals surface area (Å²) in [5, 5.41) is 10.8. The second kappa shape index (κ2) is 8.63. The maximum Gasteiger partial charge on any atom is 0.307 e. The number of anilines is 1. The molecule has 1 aromatic heterocycles. The summed E-state index contributed by atoms with van der Waals surface area (Å²) in [7, 11) is 5.52. The zero-order valence-corrected chi connectivity index (χ0v) is 21.9. The van der Waals surface area contributed by atoms with E-state index in [1.165, 1.54) is 0 Å². The lowest BCUT2D eigenvalue weighted by molar-refractivity contribution is -0.136. The van der Waals surface area contributed by atoms with Crippen LogP contribution in [-0.2, 0) is 17.8 Å². The summed E-state index contributed by atoms with van der Waals surface area (Å²) in [5.74, 6) is -0.264. The van der Waals surface area contributed by atoms with Crippen LogP contribution in [0.4, 0.5) is 5.69 Å². The summed E-state index contributed by atoms with van der Waals surface area (Å²) in [5.41, 5.74) is 6.50. The number of amides is 1. The van der Waals surface area contributed by atoms with Crippen molar-refractivity contribution >= 4 is 28.5 Å². The van der Waals surface area contributed by atoms with Gasteiger partial charge in [-0.2, -0.15) is 0 Å². The van der Waals surface area contributed by atoms with Crippen molar-refractivity contribution in [3.05, 3.63) is 46.6 Å². The van der Waals surface area contributed by atoms with Gasteiger partial charge >= 0.3 is 5.97 Å².